The van der Waals surface area contributed by atoms with Gasteiger partial charge in [-0.3, -0.25) is 9.59 Å². The Balaban J connectivity index is 1.88. The number of halogens is 1. The maximum absolute atomic E-state index is 12.4. The molecule has 3 N–H and O–H groups in total. The van der Waals surface area contributed by atoms with E-state index in [0.29, 0.717) is 27.4 Å². The average molecular weight is 345 g/mol. The molecule has 0 aliphatic heterocycles. The molecule has 24 heavy (non-hydrogen) atoms. The van der Waals surface area contributed by atoms with Crippen molar-refractivity contribution in [2.75, 3.05) is 12.4 Å². The van der Waals surface area contributed by atoms with Crippen LogP contribution in [0.25, 0.3) is 10.9 Å². The fraction of sp³-hybridized carbons (Fsp3) is 0.0588. The van der Waals surface area contributed by atoms with E-state index in [9.17, 15) is 14.7 Å². The number of rotatable bonds is 4. The van der Waals surface area contributed by atoms with Gasteiger partial charge in [0.2, 0.25) is 5.88 Å². The number of amides is 1. The van der Waals surface area contributed by atoms with Gasteiger partial charge in [-0.05, 0) is 24.3 Å². The first-order chi connectivity index (χ1) is 11.5. The Morgan fingerprint density at radius 3 is 2.67 bits per heavy atom. The fourth-order valence-electron chi connectivity index (χ4n) is 2.40. The number of nitrogens with one attached hydrogen (secondary N) is 2. The average Bonchev–Trinajstić information content (AvgIpc) is 2.90. The van der Waals surface area contributed by atoms with E-state index in [0.717, 1.165) is 0 Å². The topological polar surface area (TPSA) is 91.4 Å². The van der Waals surface area contributed by atoms with Gasteiger partial charge < -0.3 is 20.1 Å². The van der Waals surface area contributed by atoms with Gasteiger partial charge in [0.15, 0.2) is 0 Å². The molecule has 1 heterocycles. The zero-order valence-corrected chi connectivity index (χ0v) is 13.3. The van der Waals surface area contributed by atoms with Crippen LogP contribution in [-0.2, 0) is 4.79 Å². The van der Waals surface area contributed by atoms with E-state index in [-0.39, 0.29) is 11.4 Å². The smallest absolute Gasteiger partial charge is 0.297 e. The molecule has 0 fully saturated rings. The lowest BCUT2D eigenvalue weighted by Gasteiger charge is -2.07. The molecule has 7 heteroatoms. The molecule has 2 aromatic carbocycles. The number of anilines is 1. The van der Waals surface area contributed by atoms with Crippen molar-refractivity contribution in [1.29, 1.82) is 0 Å². The maximum Gasteiger partial charge on any atom is 0.297 e. The number of carbonyl (C=O) groups excluding carboxylic acids is 2. The minimum atomic E-state index is -0.878. The van der Waals surface area contributed by atoms with Gasteiger partial charge >= 0.3 is 0 Å². The molecule has 0 bridgehead atoms. The van der Waals surface area contributed by atoms with E-state index in [2.05, 4.69) is 10.3 Å². The number of ketones is 1. The van der Waals surface area contributed by atoms with Gasteiger partial charge in [-0.1, -0.05) is 29.8 Å². The van der Waals surface area contributed by atoms with E-state index >= 15 is 0 Å². The summed E-state index contributed by atoms with van der Waals surface area (Å²) in [4.78, 5) is 27.3. The van der Waals surface area contributed by atoms with Crippen LogP contribution in [0, 0.1) is 0 Å². The minimum absolute atomic E-state index is 0.0669. The highest BCUT2D eigenvalue weighted by Crippen LogP contribution is 2.29. The second-order valence-electron chi connectivity index (χ2n) is 5.03. The van der Waals surface area contributed by atoms with Gasteiger partial charge in [0, 0.05) is 16.6 Å². The van der Waals surface area contributed by atoms with Gasteiger partial charge in [-0.15, -0.1) is 0 Å². The summed E-state index contributed by atoms with van der Waals surface area (Å²) >= 11 is 5.99. The summed E-state index contributed by atoms with van der Waals surface area (Å²) in [6.07, 6.45) is 0. The van der Waals surface area contributed by atoms with Crippen molar-refractivity contribution >= 4 is 39.9 Å². The van der Waals surface area contributed by atoms with Gasteiger partial charge in [0.05, 0.1) is 17.7 Å². The van der Waals surface area contributed by atoms with Crippen LogP contribution in [0.15, 0.2) is 42.5 Å². The number of H-pyrrole nitrogens is 1. The highest BCUT2D eigenvalue weighted by Gasteiger charge is 2.24. The lowest BCUT2D eigenvalue weighted by molar-refractivity contribution is -0.112. The normalized spacial score (nSPS) is 10.6. The van der Waals surface area contributed by atoms with Crippen molar-refractivity contribution in [3.63, 3.8) is 0 Å². The van der Waals surface area contributed by atoms with Crippen LogP contribution < -0.4 is 10.1 Å². The third-order valence-corrected chi connectivity index (χ3v) is 3.82. The molecule has 0 spiro atoms. The Morgan fingerprint density at radius 2 is 1.96 bits per heavy atom. The number of benzene rings is 2. The van der Waals surface area contributed by atoms with Crippen LogP contribution in [0.2, 0.25) is 5.02 Å². The Kier molecular flexibility index (Phi) is 4.14. The molecule has 1 aromatic heterocycles. The number of fused-ring (bicyclic) bond motifs is 1. The number of hydrogen-bond acceptors (Lipinski definition) is 4. The number of aromatic hydroxyl groups is 1. The number of carbonyl (C=O) groups is 2. The third kappa shape index (κ3) is 2.79. The molecule has 0 atom stereocenters. The number of aromatic nitrogens is 1. The molecule has 0 saturated heterocycles. The molecule has 0 aliphatic rings. The van der Waals surface area contributed by atoms with Crippen LogP contribution >= 0.6 is 11.6 Å². The van der Waals surface area contributed by atoms with Crippen LogP contribution in [-0.4, -0.2) is 28.9 Å². The molecule has 0 radical (unpaired) electrons. The standard InChI is InChI=1S/C17H13ClN2O4/c1-24-13-7-6-9(8-11(13)18)19-17(23)15(21)14-10-4-2-3-5-12(10)20-16(14)22/h2-8,20,22H,1H3,(H,19,23). The Bertz CT molecular complexity index is 949. The monoisotopic (exact) mass is 344 g/mol. The van der Waals surface area contributed by atoms with Gasteiger partial charge in [-0.25, -0.2) is 0 Å². The summed E-state index contributed by atoms with van der Waals surface area (Å²) in [5.41, 5.74) is 0.847. The quantitative estimate of drug-likeness (QED) is 0.500. The van der Waals surface area contributed by atoms with Crippen LogP contribution in [0.5, 0.6) is 11.6 Å². The first kappa shape index (κ1) is 15.9. The predicted octanol–water partition coefficient (Wildman–Crippen LogP) is 3.36. The van der Waals surface area contributed by atoms with Gasteiger partial charge in [0.1, 0.15) is 5.75 Å². The molecule has 0 saturated carbocycles. The summed E-state index contributed by atoms with van der Waals surface area (Å²) in [7, 11) is 1.47. The van der Waals surface area contributed by atoms with E-state index in [4.69, 9.17) is 16.3 Å². The molecular weight excluding hydrogens is 332 g/mol. The third-order valence-electron chi connectivity index (χ3n) is 3.53. The van der Waals surface area contributed by atoms with Crippen molar-refractivity contribution in [3.05, 3.63) is 53.1 Å². The number of methoxy groups -OCH3 is 1. The van der Waals surface area contributed by atoms with E-state index in [1.54, 1.807) is 36.4 Å². The second kappa shape index (κ2) is 6.25. The number of Topliss-reactive ketones (excluding diaryl/α,β-unsaturated/α-hetero) is 1. The highest BCUT2D eigenvalue weighted by atomic mass is 35.5. The molecule has 3 aromatic rings. The number of hydrogen-bond donors (Lipinski definition) is 3. The Morgan fingerprint density at radius 1 is 1.21 bits per heavy atom. The van der Waals surface area contributed by atoms with Crippen LogP contribution in [0.1, 0.15) is 10.4 Å². The fourth-order valence-corrected chi connectivity index (χ4v) is 2.66. The zero-order chi connectivity index (χ0) is 17.3. The summed E-state index contributed by atoms with van der Waals surface area (Å²) < 4.78 is 5.03. The van der Waals surface area contributed by atoms with Gasteiger partial charge in [0.25, 0.3) is 11.7 Å². The van der Waals surface area contributed by atoms with Crippen LogP contribution in [0.4, 0.5) is 5.69 Å². The van der Waals surface area contributed by atoms with E-state index < -0.39 is 11.7 Å². The molecule has 0 aliphatic carbocycles. The highest BCUT2D eigenvalue weighted by molar-refractivity contribution is 6.49. The van der Waals surface area contributed by atoms with Gasteiger partial charge in [-0.2, -0.15) is 0 Å². The molecule has 122 valence electrons. The predicted molar refractivity (Wildman–Crippen MR) is 90.9 cm³/mol. The van der Waals surface area contributed by atoms with Crippen molar-refractivity contribution in [3.8, 4) is 11.6 Å². The first-order valence-electron chi connectivity index (χ1n) is 7.00. The molecule has 6 nitrogen and oxygen atoms in total. The van der Waals surface area contributed by atoms with Crippen molar-refractivity contribution in [1.82, 2.24) is 4.98 Å². The second-order valence-corrected chi connectivity index (χ2v) is 5.43. The SMILES string of the molecule is COc1ccc(NC(=O)C(=O)c2c(O)[nH]c3ccccc23)cc1Cl. The first-order valence-corrected chi connectivity index (χ1v) is 7.38. The van der Waals surface area contributed by atoms with Crippen molar-refractivity contribution in [2.45, 2.75) is 0 Å². The summed E-state index contributed by atoms with van der Waals surface area (Å²) in [5, 5.41) is 13.2. The van der Waals surface area contributed by atoms with Crippen molar-refractivity contribution < 1.29 is 19.4 Å². The number of para-hydroxylation sites is 1. The maximum atomic E-state index is 12.4. The molecule has 1 amide bonds. The molecular formula is C17H13ClN2O4. The molecule has 3 rings (SSSR count). The lowest BCUT2D eigenvalue weighted by atomic mass is 10.1. The lowest BCUT2D eigenvalue weighted by Crippen LogP contribution is -2.22. The molecule has 0 unspecified atom stereocenters. The number of aromatic amines is 1. The van der Waals surface area contributed by atoms with Crippen molar-refractivity contribution in [2.24, 2.45) is 0 Å². The minimum Gasteiger partial charge on any atom is -0.495 e. The summed E-state index contributed by atoms with van der Waals surface area (Å²) in [6, 6.07) is 11.4. The van der Waals surface area contributed by atoms with E-state index in [1.807, 2.05) is 0 Å². The largest absolute Gasteiger partial charge is 0.495 e. The summed E-state index contributed by atoms with van der Waals surface area (Å²) in [6.45, 7) is 0. The Hall–Kier alpha value is -2.99. The zero-order valence-electron chi connectivity index (χ0n) is 12.6. The van der Waals surface area contributed by atoms with Crippen LogP contribution in [0.3, 0.4) is 0 Å². The summed E-state index contributed by atoms with van der Waals surface area (Å²) in [5.74, 6) is -1.62. The Labute approximate surface area is 142 Å². The van der Waals surface area contributed by atoms with E-state index in [1.165, 1.54) is 13.2 Å². The number of ether oxygens (including phenoxy) is 1.